The maximum Gasteiger partial charge on any atom is 0.338 e. The standard InChI is InChI=1S/C17H19NO6S/c1-22-15-7-6-13(17(19)24-12-14-5-4-10-23-14)11-16(15)25(20,21)18-8-2-3-9-18/h4-7,10-11H,2-3,8-9,12H2,1H3. The first-order chi connectivity index (χ1) is 12.0. The lowest BCUT2D eigenvalue weighted by molar-refractivity contribution is 0.0445. The van der Waals surface area contributed by atoms with Crippen LogP contribution in [0.5, 0.6) is 5.75 Å². The molecule has 2 aromatic rings. The van der Waals surface area contributed by atoms with Crippen LogP contribution >= 0.6 is 0 Å². The lowest BCUT2D eigenvalue weighted by Gasteiger charge is -2.18. The summed E-state index contributed by atoms with van der Waals surface area (Å²) in [5.41, 5.74) is 0.144. The van der Waals surface area contributed by atoms with E-state index in [9.17, 15) is 13.2 Å². The summed E-state index contributed by atoms with van der Waals surface area (Å²) in [5, 5.41) is 0. The van der Waals surface area contributed by atoms with Crippen LogP contribution in [-0.2, 0) is 21.4 Å². The molecule has 7 nitrogen and oxygen atoms in total. The average molecular weight is 365 g/mol. The van der Waals surface area contributed by atoms with E-state index < -0.39 is 16.0 Å². The number of esters is 1. The molecule has 0 radical (unpaired) electrons. The van der Waals surface area contributed by atoms with Crippen molar-refractivity contribution in [1.29, 1.82) is 0 Å². The van der Waals surface area contributed by atoms with Gasteiger partial charge in [-0.3, -0.25) is 0 Å². The highest BCUT2D eigenvalue weighted by Crippen LogP contribution is 2.30. The fourth-order valence-electron chi connectivity index (χ4n) is 2.69. The molecule has 0 spiro atoms. The summed E-state index contributed by atoms with van der Waals surface area (Å²) >= 11 is 0. The number of hydrogen-bond donors (Lipinski definition) is 0. The van der Waals surface area contributed by atoms with E-state index in [1.165, 1.54) is 35.9 Å². The number of rotatable bonds is 6. The molecule has 1 saturated heterocycles. The second-order valence-corrected chi connectivity index (χ2v) is 7.54. The second kappa shape index (κ2) is 7.28. The highest BCUT2D eigenvalue weighted by atomic mass is 32.2. The van der Waals surface area contributed by atoms with Crippen LogP contribution in [0.1, 0.15) is 29.0 Å². The molecule has 0 aliphatic carbocycles. The van der Waals surface area contributed by atoms with Crippen molar-refractivity contribution in [3.8, 4) is 5.75 Å². The third-order valence-corrected chi connectivity index (χ3v) is 5.93. The molecule has 3 rings (SSSR count). The molecule has 0 unspecified atom stereocenters. The number of carbonyl (C=O) groups excluding carboxylic acids is 1. The molecule has 0 amide bonds. The van der Waals surface area contributed by atoms with E-state index in [2.05, 4.69) is 0 Å². The molecule has 134 valence electrons. The van der Waals surface area contributed by atoms with Crippen LogP contribution in [-0.4, -0.2) is 38.9 Å². The van der Waals surface area contributed by atoms with Crippen LogP contribution in [0, 0.1) is 0 Å². The van der Waals surface area contributed by atoms with Gasteiger partial charge in [0.25, 0.3) is 0 Å². The molecule has 0 saturated carbocycles. The molecule has 0 atom stereocenters. The number of carbonyl (C=O) groups is 1. The summed E-state index contributed by atoms with van der Waals surface area (Å²) in [7, 11) is -2.32. The minimum absolute atomic E-state index is 0.0218. The summed E-state index contributed by atoms with van der Waals surface area (Å²) < 4.78 is 42.5. The molecular weight excluding hydrogens is 346 g/mol. The summed E-state index contributed by atoms with van der Waals surface area (Å²) in [6.07, 6.45) is 3.14. The Labute approximate surface area is 146 Å². The third kappa shape index (κ3) is 3.69. The number of methoxy groups -OCH3 is 1. The second-order valence-electron chi connectivity index (χ2n) is 5.63. The van der Waals surface area contributed by atoms with E-state index in [1.54, 1.807) is 12.1 Å². The van der Waals surface area contributed by atoms with Crippen molar-refractivity contribution in [2.24, 2.45) is 0 Å². The highest BCUT2D eigenvalue weighted by molar-refractivity contribution is 7.89. The molecular formula is C17H19NO6S. The van der Waals surface area contributed by atoms with Crippen LogP contribution in [0.2, 0.25) is 0 Å². The molecule has 1 aliphatic heterocycles. The molecule has 2 heterocycles. The maximum atomic E-state index is 12.8. The smallest absolute Gasteiger partial charge is 0.338 e. The minimum Gasteiger partial charge on any atom is -0.495 e. The lowest BCUT2D eigenvalue weighted by atomic mass is 10.2. The van der Waals surface area contributed by atoms with E-state index >= 15 is 0 Å². The van der Waals surface area contributed by atoms with Gasteiger partial charge in [0, 0.05) is 13.1 Å². The Morgan fingerprint density at radius 2 is 2.00 bits per heavy atom. The zero-order chi connectivity index (χ0) is 17.9. The predicted octanol–water partition coefficient (Wildman–Crippen LogP) is 2.43. The molecule has 0 N–H and O–H groups in total. The van der Waals surface area contributed by atoms with Gasteiger partial charge in [0.2, 0.25) is 10.0 Å². The van der Waals surface area contributed by atoms with Gasteiger partial charge in [-0.15, -0.1) is 0 Å². The van der Waals surface area contributed by atoms with Crippen LogP contribution in [0.15, 0.2) is 45.9 Å². The Balaban J connectivity index is 1.85. The van der Waals surface area contributed by atoms with Gasteiger partial charge in [0.15, 0.2) is 0 Å². The zero-order valence-corrected chi connectivity index (χ0v) is 14.6. The van der Waals surface area contributed by atoms with Gasteiger partial charge in [-0.1, -0.05) is 0 Å². The monoisotopic (exact) mass is 365 g/mol. The summed E-state index contributed by atoms with van der Waals surface area (Å²) in [6, 6.07) is 7.62. The average Bonchev–Trinajstić information content (AvgIpc) is 3.32. The largest absolute Gasteiger partial charge is 0.495 e. The van der Waals surface area contributed by atoms with Gasteiger partial charge in [-0.05, 0) is 43.2 Å². The Kier molecular flexibility index (Phi) is 5.10. The molecule has 1 fully saturated rings. The molecule has 1 aromatic carbocycles. The number of hydrogen-bond acceptors (Lipinski definition) is 6. The first-order valence-electron chi connectivity index (χ1n) is 7.90. The van der Waals surface area contributed by atoms with Gasteiger partial charge in [0.1, 0.15) is 23.0 Å². The first kappa shape index (κ1) is 17.5. The van der Waals surface area contributed by atoms with E-state index in [4.69, 9.17) is 13.9 Å². The van der Waals surface area contributed by atoms with Crippen molar-refractivity contribution in [3.63, 3.8) is 0 Å². The first-order valence-corrected chi connectivity index (χ1v) is 9.34. The van der Waals surface area contributed by atoms with Gasteiger partial charge >= 0.3 is 5.97 Å². The molecule has 1 aromatic heterocycles. The van der Waals surface area contributed by atoms with E-state index in [1.807, 2.05) is 0 Å². The molecule has 0 bridgehead atoms. The van der Waals surface area contributed by atoms with Crippen molar-refractivity contribution >= 4 is 16.0 Å². The lowest BCUT2D eigenvalue weighted by Crippen LogP contribution is -2.28. The highest BCUT2D eigenvalue weighted by Gasteiger charge is 2.30. The summed E-state index contributed by atoms with van der Waals surface area (Å²) in [6.45, 7) is 0.920. The van der Waals surface area contributed by atoms with Gasteiger partial charge in [-0.2, -0.15) is 4.31 Å². The zero-order valence-electron chi connectivity index (χ0n) is 13.8. The fraction of sp³-hybridized carbons (Fsp3) is 0.353. The number of sulfonamides is 1. The maximum absolute atomic E-state index is 12.8. The van der Waals surface area contributed by atoms with Crippen molar-refractivity contribution in [2.45, 2.75) is 24.3 Å². The third-order valence-electron chi connectivity index (χ3n) is 4.01. The Hall–Kier alpha value is -2.32. The van der Waals surface area contributed by atoms with Gasteiger partial charge in [0.05, 0.1) is 18.9 Å². The minimum atomic E-state index is -3.71. The molecule has 8 heteroatoms. The van der Waals surface area contributed by atoms with Gasteiger partial charge < -0.3 is 13.9 Å². The Morgan fingerprint density at radius 1 is 1.24 bits per heavy atom. The number of nitrogens with zero attached hydrogens (tertiary/aromatic N) is 1. The van der Waals surface area contributed by atoms with Crippen molar-refractivity contribution in [2.75, 3.05) is 20.2 Å². The number of benzene rings is 1. The summed E-state index contributed by atoms with van der Waals surface area (Å²) in [4.78, 5) is 12.2. The van der Waals surface area contributed by atoms with Crippen LogP contribution in [0.4, 0.5) is 0 Å². The van der Waals surface area contributed by atoms with Crippen molar-refractivity contribution < 1.29 is 27.1 Å². The quantitative estimate of drug-likeness (QED) is 0.731. The normalized spacial score (nSPS) is 15.2. The van der Waals surface area contributed by atoms with E-state index in [-0.39, 0.29) is 22.8 Å². The Morgan fingerprint density at radius 3 is 2.64 bits per heavy atom. The number of furan rings is 1. The van der Waals surface area contributed by atoms with Crippen LogP contribution < -0.4 is 4.74 Å². The van der Waals surface area contributed by atoms with Crippen molar-refractivity contribution in [3.05, 3.63) is 47.9 Å². The van der Waals surface area contributed by atoms with Gasteiger partial charge in [-0.25, -0.2) is 13.2 Å². The fourth-order valence-corrected chi connectivity index (χ4v) is 4.39. The van der Waals surface area contributed by atoms with Crippen molar-refractivity contribution in [1.82, 2.24) is 4.31 Å². The number of ether oxygens (including phenoxy) is 2. The Bertz CT molecular complexity index is 838. The molecule has 1 aliphatic rings. The topological polar surface area (TPSA) is 86.0 Å². The van der Waals surface area contributed by atoms with E-state index in [0.29, 0.717) is 18.8 Å². The molecule has 25 heavy (non-hydrogen) atoms. The van der Waals surface area contributed by atoms with Crippen LogP contribution in [0.3, 0.4) is 0 Å². The van der Waals surface area contributed by atoms with Crippen LogP contribution in [0.25, 0.3) is 0 Å². The predicted molar refractivity (Wildman–Crippen MR) is 88.8 cm³/mol. The SMILES string of the molecule is COc1ccc(C(=O)OCc2ccco2)cc1S(=O)(=O)N1CCCC1. The summed E-state index contributed by atoms with van der Waals surface area (Å²) in [5.74, 6) is 0.0817. The van der Waals surface area contributed by atoms with E-state index in [0.717, 1.165) is 12.8 Å².